The first-order valence-electron chi connectivity index (χ1n) is 11.0. The van der Waals surface area contributed by atoms with Crippen LogP contribution in [0.1, 0.15) is 28.4 Å². The molecular weight excluding hydrogens is 438 g/mol. The highest BCUT2D eigenvalue weighted by Gasteiger charge is 2.28. The average Bonchev–Trinajstić information content (AvgIpc) is 3.20. The number of phenolic OH excluding ortho intramolecular Hbond substituents is 1. The third-order valence-corrected chi connectivity index (χ3v) is 7.38. The summed E-state index contributed by atoms with van der Waals surface area (Å²) >= 11 is 1.36. The maximum atomic E-state index is 12.9. The van der Waals surface area contributed by atoms with Gasteiger partial charge in [0.1, 0.15) is 16.3 Å². The third-order valence-electron chi connectivity index (χ3n) is 6.09. The lowest BCUT2D eigenvalue weighted by Crippen LogP contribution is -2.43. The summed E-state index contributed by atoms with van der Waals surface area (Å²) in [5.74, 6) is -0.463. The summed E-state index contributed by atoms with van der Waals surface area (Å²) in [5, 5.41) is 12.0. The molecule has 0 radical (unpaired) electrons. The second kappa shape index (κ2) is 9.91. The van der Waals surface area contributed by atoms with E-state index in [1.165, 1.54) is 25.4 Å². The molecule has 0 atom stereocenters. The zero-order valence-corrected chi connectivity index (χ0v) is 20.0. The van der Waals surface area contributed by atoms with Crippen molar-refractivity contribution in [2.45, 2.75) is 20.0 Å². The smallest absolute Gasteiger partial charge is 0.341 e. The monoisotopic (exact) mass is 467 g/mol. The minimum absolute atomic E-state index is 0.166. The average molecular weight is 468 g/mol. The van der Waals surface area contributed by atoms with E-state index in [-0.39, 0.29) is 11.7 Å². The lowest BCUT2D eigenvalue weighted by molar-refractivity contribution is -0.116. The van der Waals surface area contributed by atoms with Crippen molar-refractivity contribution in [2.24, 2.45) is 0 Å². The number of carbonyl (C=O) groups excluding carboxylic acids is 2. The summed E-state index contributed by atoms with van der Waals surface area (Å²) in [7, 11) is 3.45. The highest BCUT2D eigenvalue weighted by Crippen LogP contribution is 2.43. The predicted octanol–water partition coefficient (Wildman–Crippen LogP) is 3.69. The number of esters is 1. The number of fused-ring (bicyclic) bond motifs is 1. The Kier molecular flexibility index (Phi) is 6.97. The highest BCUT2D eigenvalue weighted by molar-refractivity contribution is 7.23. The van der Waals surface area contributed by atoms with Gasteiger partial charge < -0.3 is 14.7 Å². The molecule has 1 aliphatic rings. The van der Waals surface area contributed by atoms with Gasteiger partial charge in [-0.25, -0.2) is 4.79 Å². The number of aromatic hydroxyl groups is 1. The molecule has 1 saturated heterocycles. The minimum atomic E-state index is -0.494. The summed E-state index contributed by atoms with van der Waals surface area (Å²) in [6.07, 6.45) is 0. The van der Waals surface area contributed by atoms with E-state index in [0.29, 0.717) is 29.0 Å². The Morgan fingerprint density at radius 2 is 1.79 bits per heavy atom. The van der Waals surface area contributed by atoms with Gasteiger partial charge in [-0.05, 0) is 24.7 Å². The maximum Gasteiger partial charge on any atom is 0.341 e. The van der Waals surface area contributed by atoms with Gasteiger partial charge in [0.2, 0.25) is 5.91 Å². The topological polar surface area (TPSA) is 73.3 Å². The van der Waals surface area contributed by atoms with E-state index in [1.807, 2.05) is 30.3 Å². The fourth-order valence-corrected chi connectivity index (χ4v) is 5.52. The number of amides is 1. The quantitative estimate of drug-likeness (QED) is 0.558. The Balaban J connectivity index is 1.81. The SMILES string of the molecule is COC(=O)c1c(N(Cc2ccccc2)C(C)=O)sc2c(CN3CCN(C)CC3)c(O)ccc12. The Bertz CT molecular complexity index is 1150. The Hall–Kier alpha value is -2.94. The van der Waals surface area contributed by atoms with Crippen LogP contribution in [0.15, 0.2) is 42.5 Å². The first-order chi connectivity index (χ1) is 15.9. The lowest BCUT2D eigenvalue weighted by Gasteiger charge is -2.32. The number of phenols is 1. The van der Waals surface area contributed by atoms with E-state index < -0.39 is 5.97 Å². The Morgan fingerprint density at radius 1 is 1.09 bits per heavy atom. The molecular formula is C25H29N3O4S. The molecule has 1 fully saturated rings. The zero-order chi connectivity index (χ0) is 23.5. The van der Waals surface area contributed by atoms with Crippen molar-refractivity contribution in [2.75, 3.05) is 45.2 Å². The number of carbonyl (C=O) groups is 2. The van der Waals surface area contributed by atoms with Crippen LogP contribution in [0.5, 0.6) is 5.75 Å². The van der Waals surface area contributed by atoms with Gasteiger partial charge in [0, 0.05) is 55.3 Å². The molecule has 8 heteroatoms. The number of likely N-dealkylation sites (N-methyl/N-ethyl adjacent to an activating group) is 1. The normalized spacial score (nSPS) is 15.0. The summed E-state index contributed by atoms with van der Waals surface area (Å²) in [6, 6.07) is 13.0. The fraction of sp³-hybridized carbons (Fsp3) is 0.360. The van der Waals surface area contributed by atoms with Crippen LogP contribution in [-0.4, -0.2) is 67.1 Å². The Morgan fingerprint density at radius 3 is 2.42 bits per heavy atom. The van der Waals surface area contributed by atoms with E-state index in [1.54, 1.807) is 17.0 Å². The number of ether oxygens (including phenoxy) is 1. The van der Waals surface area contributed by atoms with Crippen LogP contribution in [0.2, 0.25) is 0 Å². The molecule has 0 aliphatic carbocycles. The van der Waals surface area contributed by atoms with Crippen molar-refractivity contribution in [1.82, 2.24) is 9.80 Å². The molecule has 174 valence electrons. The maximum absolute atomic E-state index is 12.9. The number of anilines is 1. The lowest BCUT2D eigenvalue weighted by atomic mass is 10.1. The molecule has 1 aliphatic heterocycles. The first kappa shape index (κ1) is 23.2. The first-order valence-corrected chi connectivity index (χ1v) is 11.8. The molecule has 3 aromatic rings. The zero-order valence-electron chi connectivity index (χ0n) is 19.2. The molecule has 2 aromatic carbocycles. The molecule has 1 N–H and O–H groups in total. The van der Waals surface area contributed by atoms with Gasteiger partial charge in [-0.2, -0.15) is 0 Å². The van der Waals surface area contributed by atoms with Crippen molar-refractivity contribution in [1.29, 1.82) is 0 Å². The van der Waals surface area contributed by atoms with Crippen LogP contribution in [0.4, 0.5) is 5.00 Å². The van der Waals surface area contributed by atoms with Crippen LogP contribution < -0.4 is 4.90 Å². The number of rotatable bonds is 6. The summed E-state index contributed by atoms with van der Waals surface area (Å²) in [4.78, 5) is 31.8. The van der Waals surface area contributed by atoms with Crippen LogP contribution in [-0.2, 0) is 22.6 Å². The van der Waals surface area contributed by atoms with Gasteiger partial charge in [-0.1, -0.05) is 30.3 Å². The molecule has 0 bridgehead atoms. The van der Waals surface area contributed by atoms with Crippen molar-refractivity contribution >= 4 is 38.3 Å². The largest absolute Gasteiger partial charge is 0.508 e. The molecule has 2 heterocycles. The summed E-state index contributed by atoms with van der Waals surface area (Å²) in [5.41, 5.74) is 2.10. The molecule has 0 unspecified atom stereocenters. The summed E-state index contributed by atoms with van der Waals surface area (Å²) in [6.45, 7) is 6.16. The highest BCUT2D eigenvalue weighted by atomic mass is 32.1. The van der Waals surface area contributed by atoms with Crippen molar-refractivity contribution < 1.29 is 19.4 Å². The number of hydrogen-bond donors (Lipinski definition) is 1. The van der Waals surface area contributed by atoms with E-state index in [0.717, 1.165) is 42.0 Å². The van der Waals surface area contributed by atoms with Gasteiger partial charge in [-0.15, -0.1) is 11.3 Å². The van der Waals surface area contributed by atoms with Crippen LogP contribution in [0, 0.1) is 0 Å². The summed E-state index contributed by atoms with van der Waals surface area (Å²) < 4.78 is 5.92. The molecule has 33 heavy (non-hydrogen) atoms. The van der Waals surface area contributed by atoms with E-state index >= 15 is 0 Å². The molecule has 0 spiro atoms. The van der Waals surface area contributed by atoms with E-state index in [9.17, 15) is 14.7 Å². The van der Waals surface area contributed by atoms with Gasteiger partial charge in [-0.3, -0.25) is 14.6 Å². The van der Waals surface area contributed by atoms with Gasteiger partial charge in [0.25, 0.3) is 0 Å². The van der Waals surface area contributed by atoms with Gasteiger partial charge >= 0.3 is 5.97 Å². The van der Waals surface area contributed by atoms with Crippen molar-refractivity contribution in [3.05, 3.63) is 59.2 Å². The number of thiophene rings is 1. The van der Waals surface area contributed by atoms with E-state index in [2.05, 4.69) is 16.8 Å². The Labute approximate surface area is 197 Å². The predicted molar refractivity (Wildman–Crippen MR) is 131 cm³/mol. The van der Waals surface area contributed by atoms with Crippen LogP contribution in [0.25, 0.3) is 10.1 Å². The van der Waals surface area contributed by atoms with Crippen molar-refractivity contribution in [3.63, 3.8) is 0 Å². The molecule has 1 amide bonds. The number of piperazine rings is 1. The van der Waals surface area contributed by atoms with Crippen molar-refractivity contribution in [3.8, 4) is 5.75 Å². The van der Waals surface area contributed by atoms with E-state index in [4.69, 9.17) is 4.74 Å². The van der Waals surface area contributed by atoms with Crippen LogP contribution in [0.3, 0.4) is 0 Å². The van der Waals surface area contributed by atoms with Crippen LogP contribution >= 0.6 is 11.3 Å². The second-order valence-electron chi connectivity index (χ2n) is 8.38. The molecule has 7 nitrogen and oxygen atoms in total. The third kappa shape index (κ3) is 4.88. The van der Waals surface area contributed by atoms with Gasteiger partial charge in [0.05, 0.1) is 13.7 Å². The minimum Gasteiger partial charge on any atom is -0.508 e. The van der Waals surface area contributed by atoms with Gasteiger partial charge in [0.15, 0.2) is 0 Å². The molecule has 1 aromatic heterocycles. The number of methoxy groups -OCH3 is 1. The standard InChI is InChI=1S/C25H29N3O4S/c1-17(29)28(15-18-7-5-4-6-8-18)24-22(25(31)32-3)19-9-10-21(30)20(23(19)33-24)16-27-13-11-26(2)12-14-27/h4-10,30H,11-16H2,1-3H3. The molecule has 0 saturated carbocycles. The molecule has 4 rings (SSSR count). The number of hydrogen-bond acceptors (Lipinski definition) is 7. The second-order valence-corrected chi connectivity index (χ2v) is 9.38. The number of benzene rings is 2. The fourth-order valence-electron chi connectivity index (χ4n) is 4.16. The number of nitrogens with zero attached hydrogens (tertiary/aromatic N) is 3.